The maximum absolute atomic E-state index is 11.8. The summed E-state index contributed by atoms with van der Waals surface area (Å²) >= 11 is 0. The molecule has 1 aromatic rings. The molecule has 0 heterocycles. The third-order valence-corrected chi connectivity index (χ3v) is 2.63. The van der Waals surface area contributed by atoms with Crippen molar-refractivity contribution < 1.29 is 24.2 Å². The van der Waals surface area contributed by atoms with E-state index in [9.17, 15) is 9.59 Å². The number of methoxy groups -OCH3 is 2. The lowest BCUT2D eigenvalue weighted by Crippen LogP contribution is -2.38. The first kappa shape index (κ1) is 15.8. The van der Waals surface area contributed by atoms with Gasteiger partial charge in [-0.05, 0) is 12.1 Å². The third-order valence-electron chi connectivity index (χ3n) is 2.63. The lowest BCUT2D eigenvalue weighted by atomic mass is 10.2. The predicted octanol–water partition coefficient (Wildman–Crippen LogP) is 0.0930. The van der Waals surface area contributed by atoms with Crippen molar-refractivity contribution in [2.24, 2.45) is 0 Å². The number of hydrogen-bond donors (Lipinski definition) is 2. The van der Waals surface area contributed by atoms with Crippen LogP contribution in [-0.4, -0.2) is 56.2 Å². The minimum atomic E-state index is -0.812. The second-order valence-corrected chi connectivity index (χ2v) is 3.97. The molecule has 2 N–H and O–H groups in total. The summed E-state index contributed by atoms with van der Waals surface area (Å²) in [7, 11) is 4.38. The van der Waals surface area contributed by atoms with Crippen LogP contribution in [0.4, 0.5) is 5.69 Å². The Morgan fingerprint density at radius 2 is 2.00 bits per heavy atom. The first-order valence-corrected chi connectivity index (χ1v) is 5.92. The van der Waals surface area contributed by atoms with Crippen LogP contribution in [0.2, 0.25) is 0 Å². The van der Waals surface area contributed by atoms with Crippen LogP contribution < -0.4 is 14.8 Å². The van der Waals surface area contributed by atoms with Gasteiger partial charge in [0.05, 0.1) is 26.5 Å². The first-order valence-electron chi connectivity index (χ1n) is 5.92. The van der Waals surface area contributed by atoms with Gasteiger partial charge in [0, 0.05) is 19.7 Å². The fourth-order valence-electron chi connectivity index (χ4n) is 1.51. The highest BCUT2D eigenvalue weighted by molar-refractivity contribution is 6.39. The highest BCUT2D eigenvalue weighted by Gasteiger charge is 2.19. The smallest absolute Gasteiger partial charge is 0.313 e. The highest BCUT2D eigenvalue weighted by Crippen LogP contribution is 2.28. The summed E-state index contributed by atoms with van der Waals surface area (Å²) in [5, 5.41) is 11.2. The molecule has 110 valence electrons. The molecule has 2 amide bonds. The van der Waals surface area contributed by atoms with Crippen molar-refractivity contribution in [1.29, 1.82) is 0 Å². The molecule has 0 atom stereocenters. The van der Waals surface area contributed by atoms with Crippen LogP contribution in [-0.2, 0) is 9.59 Å². The van der Waals surface area contributed by atoms with E-state index >= 15 is 0 Å². The number of rotatable bonds is 5. The van der Waals surface area contributed by atoms with E-state index in [1.165, 1.54) is 21.3 Å². The van der Waals surface area contributed by atoms with E-state index in [0.717, 1.165) is 4.90 Å². The zero-order valence-corrected chi connectivity index (χ0v) is 11.7. The molecule has 20 heavy (non-hydrogen) atoms. The Kier molecular flexibility index (Phi) is 5.79. The first-order chi connectivity index (χ1) is 9.53. The number of benzene rings is 1. The van der Waals surface area contributed by atoms with Crippen LogP contribution in [0.1, 0.15) is 0 Å². The van der Waals surface area contributed by atoms with Crippen molar-refractivity contribution in [2.45, 2.75) is 0 Å². The van der Waals surface area contributed by atoms with Crippen molar-refractivity contribution in [3.05, 3.63) is 18.2 Å². The molecule has 1 rings (SSSR count). The second kappa shape index (κ2) is 7.34. The molecule has 1 aromatic carbocycles. The number of nitrogens with one attached hydrogen (secondary N) is 1. The summed E-state index contributed by atoms with van der Waals surface area (Å²) in [5.41, 5.74) is 0.336. The van der Waals surface area contributed by atoms with E-state index in [4.69, 9.17) is 14.6 Å². The van der Waals surface area contributed by atoms with Gasteiger partial charge in [0.2, 0.25) is 0 Å². The number of carbonyl (C=O) groups is 2. The molecule has 0 aliphatic carbocycles. The largest absolute Gasteiger partial charge is 0.497 e. The van der Waals surface area contributed by atoms with Crippen LogP contribution in [0.3, 0.4) is 0 Å². The Morgan fingerprint density at radius 3 is 2.55 bits per heavy atom. The minimum Gasteiger partial charge on any atom is -0.497 e. The number of aliphatic hydroxyl groups is 1. The number of likely N-dealkylation sites (N-methyl/N-ethyl adjacent to an activating group) is 1. The van der Waals surface area contributed by atoms with Gasteiger partial charge in [-0.3, -0.25) is 9.59 Å². The molecular formula is C13H18N2O5. The number of aliphatic hydroxyl groups excluding tert-OH is 1. The molecule has 0 radical (unpaired) electrons. The molecule has 0 saturated heterocycles. The SMILES string of the molecule is COc1ccc(OC)c(NC(=O)C(=O)N(C)CCO)c1. The molecule has 0 fully saturated rings. The summed E-state index contributed by atoms with van der Waals surface area (Å²) < 4.78 is 10.1. The molecule has 7 heteroatoms. The van der Waals surface area contributed by atoms with Crippen LogP contribution in [0, 0.1) is 0 Å². The van der Waals surface area contributed by atoms with E-state index in [1.807, 2.05) is 0 Å². The van der Waals surface area contributed by atoms with Gasteiger partial charge in [-0.25, -0.2) is 0 Å². The molecule has 0 bridgehead atoms. The van der Waals surface area contributed by atoms with Crippen LogP contribution in [0.15, 0.2) is 18.2 Å². The number of carbonyl (C=O) groups excluding carboxylic acids is 2. The fourth-order valence-corrected chi connectivity index (χ4v) is 1.51. The van der Waals surface area contributed by atoms with E-state index in [-0.39, 0.29) is 13.2 Å². The van der Waals surface area contributed by atoms with Gasteiger partial charge in [0.15, 0.2) is 0 Å². The van der Waals surface area contributed by atoms with Gasteiger partial charge in [-0.15, -0.1) is 0 Å². The lowest BCUT2D eigenvalue weighted by molar-refractivity contribution is -0.142. The maximum atomic E-state index is 11.8. The number of ether oxygens (including phenoxy) is 2. The van der Waals surface area contributed by atoms with Crippen LogP contribution in [0.25, 0.3) is 0 Å². The average Bonchev–Trinajstić information content (AvgIpc) is 2.46. The number of hydrogen-bond acceptors (Lipinski definition) is 5. The Morgan fingerprint density at radius 1 is 1.30 bits per heavy atom. The second-order valence-electron chi connectivity index (χ2n) is 3.97. The standard InChI is InChI=1S/C13H18N2O5/c1-15(6-7-16)13(18)12(17)14-10-8-9(19-2)4-5-11(10)20-3/h4-5,8,16H,6-7H2,1-3H3,(H,14,17). The van der Waals surface area contributed by atoms with Gasteiger partial charge in [0.1, 0.15) is 11.5 Å². The quantitative estimate of drug-likeness (QED) is 0.747. The predicted molar refractivity (Wildman–Crippen MR) is 72.9 cm³/mol. The summed E-state index contributed by atoms with van der Waals surface area (Å²) in [6.07, 6.45) is 0. The van der Waals surface area contributed by atoms with Crippen LogP contribution >= 0.6 is 0 Å². The molecular weight excluding hydrogens is 264 g/mol. The van der Waals surface area contributed by atoms with E-state index < -0.39 is 11.8 Å². The zero-order valence-electron chi connectivity index (χ0n) is 11.7. The van der Waals surface area contributed by atoms with Gasteiger partial charge < -0.3 is 24.8 Å². The van der Waals surface area contributed by atoms with Crippen molar-refractivity contribution in [1.82, 2.24) is 4.90 Å². The summed E-state index contributed by atoms with van der Waals surface area (Å²) in [6.45, 7) is -0.125. The normalized spacial score (nSPS) is 9.80. The Labute approximate surface area is 117 Å². The Balaban J connectivity index is 2.86. The Bertz CT molecular complexity index is 490. The summed E-state index contributed by atoms with van der Waals surface area (Å²) in [4.78, 5) is 24.7. The Hall–Kier alpha value is -2.28. The molecule has 7 nitrogen and oxygen atoms in total. The third kappa shape index (κ3) is 3.86. The molecule has 0 unspecified atom stereocenters. The number of nitrogens with zero attached hydrogens (tertiary/aromatic N) is 1. The van der Waals surface area contributed by atoms with Crippen molar-refractivity contribution >= 4 is 17.5 Å². The van der Waals surface area contributed by atoms with Crippen LogP contribution in [0.5, 0.6) is 11.5 Å². The fraction of sp³-hybridized carbons (Fsp3) is 0.385. The molecule has 0 aliphatic heterocycles. The van der Waals surface area contributed by atoms with Crippen molar-refractivity contribution in [3.63, 3.8) is 0 Å². The molecule has 0 saturated carbocycles. The monoisotopic (exact) mass is 282 g/mol. The number of amides is 2. The molecule has 0 aromatic heterocycles. The topological polar surface area (TPSA) is 88.1 Å². The van der Waals surface area contributed by atoms with E-state index in [0.29, 0.717) is 17.2 Å². The minimum absolute atomic E-state index is 0.0848. The zero-order chi connectivity index (χ0) is 15.1. The average molecular weight is 282 g/mol. The number of anilines is 1. The van der Waals surface area contributed by atoms with Gasteiger partial charge in [-0.2, -0.15) is 0 Å². The van der Waals surface area contributed by atoms with Gasteiger partial charge >= 0.3 is 11.8 Å². The molecule has 0 aliphatic rings. The highest BCUT2D eigenvalue weighted by atomic mass is 16.5. The van der Waals surface area contributed by atoms with Gasteiger partial charge in [0.25, 0.3) is 0 Å². The van der Waals surface area contributed by atoms with Gasteiger partial charge in [-0.1, -0.05) is 0 Å². The summed E-state index contributed by atoms with van der Waals surface area (Å²) in [6, 6.07) is 4.85. The van der Waals surface area contributed by atoms with Crippen molar-refractivity contribution in [2.75, 3.05) is 39.7 Å². The maximum Gasteiger partial charge on any atom is 0.313 e. The summed E-state index contributed by atoms with van der Waals surface area (Å²) in [5.74, 6) is -0.620. The molecule has 0 spiro atoms. The van der Waals surface area contributed by atoms with E-state index in [2.05, 4.69) is 5.32 Å². The lowest BCUT2D eigenvalue weighted by Gasteiger charge is -2.16. The van der Waals surface area contributed by atoms with Crippen molar-refractivity contribution in [3.8, 4) is 11.5 Å². The van der Waals surface area contributed by atoms with E-state index in [1.54, 1.807) is 18.2 Å².